The van der Waals surface area contributed by atoms with Crippen molar-refractivity contribution in [2.45, 2.75) is 71.7 Å². The Morgan fingerprint density at radius 1 is 0.737 bits per heavy atom. The molecule has 0 saturated heterocycles. The van der Waals surface area contributed by atoms with Crippen LogP contribution in [0.25, 0.3) is 0 Å². The van der Waals surface area contributed by atoms with Gasteiger partial charge in [0.05, 0.1) is 6.54 Å². The predicted octanol–water partition coefficient (Wildman–Crippen LogP) is 1.53. The molecule has 0 amide bonds. The third kappa shape index (κ3) is 9.38. The number of unbranched alkanes of at least 4 members (excludes halogenated alkanes) is 3. The Hall–Kier alpha value is -0.160. The zero-order chi connectivity index (χ0) is 14.9. The van der Waals surface area contributed by atoms with E-state index >= 15 is 0 Å². The van der Waals surface area contributed by atoms with Crippen molar-refractivity contribution >= 4 is 0 Å². The summed E-state index contributed by atoms with van der Waals surface area (Å²) in [5.41, 5.74) is 0. The summed E-state index contributed by atoms with van der Waals surface area (Å²) in [6, 6.07) is 0. The number of hydrogen-bond acceptors (Lipinski definition) is 3. The fraction of sp³-hybridized carbons (Fsp3) is 1.00. The Kier molecular flexibility index (Phi) is 9.62. The lowest BCUT2D eigenvalue weighted by atomic mass is 10.1. The topological polar surface area (TPSA) is 60.7 Å². The Balaban J connectivity index is 4.68. The Morgan fingerprint density at radius 2 is 1.16 bits per heavy atom. The second-order valence-corrected chi connectivity index (χ2v) is 6.22. The molecule has 0 aliphatic rings. The van der Waals surface area contributed by atoms with Gasteiger partial charge in [0.25, 0.3) is 0 Å². The van der Waals surface area contributed by atoms with Crippen LogP contribution in [0, 0.1) is 0 Å². The van der Waals surface area contributed by atoms with Crippen molar-refractivity contribution in [2.75, 3.05) is 26.2 Å². The van der Waals surface area contributed by atoms with Gasteiger partial charge in [-0.2, -0.15) is 0 Å². The van der Waals surface area contributed by atoms with E-state index in [9.17, 15) is 15.3 Å². The molecule has 0 spiro atoms. The molecule has 0 fully saturated rings. The van der Waals surface area contributed by atoms with Crippen molar-refractivity contribution < 1.29 is 19.8 Å². The first-order chi connectivity index (χ1) is 8.81. The lowest BCUT2D eigenvalue weighted by Crippen LogP contribution is -2.58. The summed E-state index contributed by atoms with van der Waals surface area (Å²) < 4.78 is 0.608. The highest BCUT2D eigenvalue weighted by atomic mass is 16.3. The van der Waals surface area contributed by atoms with Gasteiger partial charge in [0, 0.05) is 0 Å². The maximum Gasteiger partial charge on any atom is 0.105 e. The number of nitrogens with zero attached hydrogens (tertiary/aromatic N) is 1. The molecule has 3 atom stereocenters. The van der Waals surface area contributed by atoms with E-state index in [0.717, 1.165) is 13.0 Å². The van der Waals surface area contributed by atoms with Gasteiger partial charge >= 0.3 is 0 Å². The van der Waals surface area contributed by atoms with Crippen LogP contribution >= 0.6 is 0 Å². The molecule has 0 aliphatic carbocycles. The molecule has 4 nitrogen and oxygen atoms in total. The van der Waals surface area contributed by atoms with Gasteiger partial charge in [-0.3, -0.25) is 0 Å². The minimum absolute atomic E-state index is 0.413. The second kappa shape index (κ2) is 9.70. The highest BCUT2D eigenvalue weighted by Crippen LogP contribution is 2.15. The second-order valence-electron chi connectivity index (χ2n) is 6.22. The van der Waals surface area contributed by atoms with Crippen molar-refractivity contribution in [1.82, 2.24) is 0 Å². The maximum atomic E-state index is 9.74. The molecule has 4 heteroatoms. The molecule has 0 rings (SSSR count). The molecular formula is C15H34NO3+. The molecule has 0 aromatic rings. The number of hydrogen-bond donors (Lipinski definition) is 3. The molecule has 19 heavy (non-hydrogen) atoms. The van der Waals surface area contributed by atoms with E-state index in [-0.39, 0.29) is 0 Å². The first kappa shape index (κ1) is 18.8. The summed E-state index contributed by atoms with van der Waals surface area (Å²) in [5, 5.41) is 29.2. The van der Waals surface area contributed by atoms with E-state index in [4.69, 9.17) is 0 Å². The smallest absolute Gasteiger partial charge is 0.105 e. The first-order valence-electron chi connectivity index (χ1n) is 7.70. The van der Waals surface area contributed by atoms with Crippen LogP contribution in [0.5, 0.6) is 0 Å². The van der Waals surface area contributed by atoms with E-state index in [1.54, 1.807) is 20.8 Å². The van der Waals surface area contributed by atoms with Crippen molar-refractivity contribution in [3.05, 3.63) is 0 Å². The van der Waals surface area contributed by atoms with Crippen molar-refractivity contribution in [3.63, 3.8) is 0 Å². The van der Waals surface area contributed by atoms with E-state index < -0.39 is 18.3 Å². The van der Waals surface area contributed by atoms with Crippen LogP contribution in [-0.4, -0.2) is 64.3 Å². The molecule has 0 radical (unpaired) electrons. The Bertz CT molecular complexity index is 191. The van der Waals surface area contributed by atoms with E-state index in [1.807, 2.05) is 0 Å². The van der Waals surface area contributed by atoms with Crippen LogP contribution in [0.15, 0.2) is 0 Å². The van der Waals surface area contributed by atoms with E-state index in [2.05, 4.69) is 6.92 Å². The normalized spacial score (nSPS) is 19.7. The number of quaternary nitrogens is 1. The van der Waals surface area contributed by atoms with Crippen LogP contribution in [0.1, 0.15) is 53.4 Å². The van der Waals surface area contributed by atoms with Gasteiger partial charge in [0.2, 0.25) is 0 Å². The largest absolute Gasteiger partial charge is 0.388 e. The number of rotatable bonds is 11. The summed E-state index contributed by atoms with van der Waals surface area (Å²) in [6.45, 7) is 10.2. The Labute approximate surface area is 118 Å². The number of aliphatic hydroxyl groups is 3. The standard InChI is InChI=1S/C15H34NO3/c1-5-6-7-8-9-16(10-13(2)17,11-14(3)18)12-15(4)19/h13-15,17-19H,5-12H2,1-4H3/q+1. The number of aliphatic hydroxyl groups excluding tert-OH is 3. The summed E-state index contributed by atoms with van der Waals surface area (Å²) in [7, 11) is 0. The molecular weight excluding hydrogens is 242 g/mol. The highest BCUT2D eigenvalue weighted by Gasteiger charge is 2.31. The van der Waals surface area contributed by atoms with Gasteiger partial charge in [-0.15, -0.1) is 0 Å². The summed E-state index contributed by atoms with van der Waals surface area (Å²) in [6.07, 6.45) is 3.44. The summed E-state index contributed by atoms with van der Waals surface area (Å²) in [4.78, 5) is 0. The fourth-order valence-electron chi connectivity index (χ4n) is 3.05. The summed E-state index contributed by atoms with van der Waals surface area (Å²) >= 11 is 0. The summed E-state index contributed by atoms with van der Waals surface area (Å²) in [5.74, 6) is 0. The van der Waals surface area contributed by atoms with E-state index in [1.165, 1.54) is 19.3 Å². The zero-order valence-electron chi connectivity index (χ0n) is 13.2. The van der Waals surface area contributed by atoms with Crippen LogP contribution in [0.2, 0.25) is 0 Å². The molecule has 0 aliphatic heterocycles. The zero-order valence-corrected chi connectivity index (χ0v) is 13.2. The quantitative estimate of drug-likeness (QED) is 0.396. The maximum absolute atomic E-state index is 9.74. The fourth-order valence-corrected chi connectivity index (χ4v) is 3.05. The molecule has 0 aromatic heterocycles. The van der Waals surface area contributed by atoms with Crippen molar-refractivity contribution in [3.8, 4) is 0 Å². The minimum Gasteiger partial charge on any atom is -0.388 e. The molecule has 0 bridgehead atoms. The third-order valence-corrected chi connectivity index (χ3v) is 3.44. The predicted molar refractivity (Wildman–Crippen MR) is 78.9 cm³/mol. The molecule has 116 valence electrons. The van der Waals surface area contributed by atoms with Gasteiger partial charge in [-0.25, -0.2) is 0 Å². The average molecular weight is 276 g/mol. The van der Waals surface area contributed by atoms with Gasteiger partial charge in [0.1, 0.15) is 37.9 Å². The first-order valence-corrected chi connectivity index (χ1v) is 7.70. The minimum atomic E-state index is -0.413. The lowest BCUT2D eigenvalue weighted by Gasteiger charge is -2.41. The van der Waals surface area contributed by atoms with Crippen molar-refractivity contribution in [1.29, 1.82) is 0 Å². The lowest BCUT2D eigenvalue weighted by molar-refractivity contribution is -0.936. The highest BCUT2D eigenvalue weighted by molar-refractivity contribution is 4.58. The van der Waals surface area contributed by atoms with Gasteiger partial charge in [-0.05, 0) is 33.6 Å². The van der Waals surface area contributed by atoms with Crippen LogP contribution in [-0.2, 0) is 0 Å². The molecule has 3 N–H and O–H groups in total. The third-order valence-electron chi connectivity index (χ3n) is 3.44. The molecule has 0 saturated carbocycles. The van der Waals surface area contributed by atoms with Crippen LogP contribution < -0.4 is 0 Å². The van der Waals surface area contributed by atoms with E-state index in [0.29, 0.717) is 24.1 Å². The van der Waals surface area contributed by atoms with Crippen LogP contribution in [0.3, 0.4) is 0 Å². The van der Waals surface area contributed by atoms with Gasteiger partial charge in [0.15, 0.2) is 0 Å². The van der Waals surface area contributed by atoms with Gasteiger partial charge < -0.3 is 19.8 Å². The van der Waals surface area contributed by atoms with Gasteiger partial charge in [-0.1, -0.05) is 19.8 Å². The molecule has 0 heterocycles. The molecule has 3 unspecified atom stereocenters. The average Bonchev–Trinajstić information content (AvgIpc) is 2.21. The molecule has 0 aromatic carbocycles. The van der Waals surface area contributed by atoms with Crippen LogP contribution in [0.4, 0.5) is 0 Å². The Morgan fingerprint density at radius 3 is 1.47 bits per heavy atom. The SMILES string of the molecule is CCCCCC[N+](CC(C)O)(CC(C)O)CC(C)O. The van der Waals surface area contributed by atoms with Crippen molar-refractivity contribution in [2.24, 2.45) is 0 Å². The monoisotopic (exact) mass is 276 g/mol.